The molecule has 0 saturated carbocycles. The Bertz CT molecular complexity index is 810. The zero-order chi connectivity index (χ0) is 18.1. The van der Waals surface area contributed by atoms with E-state index in [9.17, 15) is 0 Å². The Morgan fingerprint density at radius 3 is 2.70 bits per heavy atom. The molecule has 2 aromatic rings. The van der Waals surface area contributed by atoms with Crippen LogP contribution in [0.5, 0.6) is 11.5 Å². The van der Waals surface area contributed by atoms with Crippen molar-refractivity contribution in [2.24, 2.45) is 0 Å². The van der Waals surface area contributed by atoms with Crippen LogP contribution in [0.25, 0.3) is 0 Å². The third-order valence-corrected chi connectivity index (χ3v) is 5.48. The second-order valence-electron chi connectivity index (χ2n) is 7.06. The molecule has 1 aromatic carbocycles. The Hall–Kier alpha value is -2.54. The molecular weight excluding hydrogens is 344 g/mol. The minimum atomic E-state index is 0.245. The molecule has 2 saturated heterocycles. The maximum absolute atomic E-state index is 5.96. The summed E-state index contributed by atoms with van der Waals surface area (Å²) in [6.45, 7) is 5.44. The van der Waals surface area contributed by atoms with Crippen molar-refractivity contribution in [1.29, 1.82) is 0 Å². The summed E-state index contributed by atoms with van der Waals surface area (Å²) in [6, 6.07) is 8.54. The van der Waals surface area contributed by atoms with E-state index >= 15 is 0 Å². The average molecular weight is 368 g/mol. The second kappa shape index (κ2) is 7.23. The number of anilines is 2. The van der Waals surface area contributed by atoms with Gasteiger partial charge in [-0.2, -0.15) is 0 Å². The normalized spacial score (nSPS) is 22.1. The first-order valence-corrected chi connectivity index (χ1v) is 9.70. The zero-order valence-electron chi connectivity index (χ0n) is 15.3. The summed E-state index contributed by atoms with van der Waals surface area (Å²) in [4.78, 5) is 13.7. The van der Waals surface area contributed by atoms with E-state index < -0.39 is 0 Å². The molecule has 4 heterocycles. The van der Waals surface area contributed by atoms with Gasteiger partial charge in [-0.05, 0) is 18.9 Å². The Balaban J connectivity index is 1.45. The molecule has 27 heavy (non-hydrogen) atoms. The maximum Gasteiger partial charge on any atom is 0.166 e. The molecule has 7 heteroatoms. The van der Waals surface area contributed by atoms with E-state index in [0.29, 0.717) is 13.2 Å². The quantitative estimate of drug-likeness (QED) is 0.825. The topological polar surface area (TPSA) is 60.0 Å². The van der Waals surface area contributed by atoms with E-state index in [1.54, 1.807) is 6.33 Å². The zero-order valence-corrected chi connectivity index (χ0v) is 15.3. The third-order valence-electron chi connectivity index (χ3n) is 5.48. The molecule has 0 radical (unpaired) electrons. The van der Waals surface area contributed by atoms with Crippen molar-refractivity contribution < 1.29 is 14.2 Å². The highest BCUT2D eigenvalue weighted by Gasteiger charge is 2.32. The highest BCUT2D eigenvalue weighted by atomic mass is 16.6. The molecule has 5 rings (SSSR count). The van der Waals surface area contributed by atoms with Crippen molar-refractivity contribution in [3.63, 3.8) is 0 Å². The molecule has 1 aromatic heterocycles. The standard InChI is InChI=1S/C20H24N4O3/c1-3-15(20-17(5-1)26-11-12-27-20)16-4-2-6-24(16)19-13-18(21-14-22-19)23-7-9-25-10-8-23/h1,3,5,13-14,16H,2,4,6-12H2. The lowest BCUT2D eigenvalue weighted by Crippen LogP contribution is -2.37. The van der Waals surface area contributed by atoms with Crippen molar-refractivity contribution in [3.05, 3.63) is 36.2 Å². The van der Waals surface area contributed by atoms with Crippen LogP contribution < -0.4 is 19.3 Å². The Morgan fingerprint density at radius 1 is 0.926 bits per heavy atom. The van der Waals surface area contributed by atoms with Gasteiger partial charge in [-0.3, -0.25) is 0 Å². The number of para-hydroxylation sites is 1. The third kappa shape index (κ3) is 3.16. The van der Waals surface area contributed by atoms with Gasteiger partial charge in [0.1, 0.15) is 31.2 Å². The molecule has 142 valence electrons. The molecule has 2 fully saturated rings. The molecule has 1 unspecified atom stereocenters. The van der Waals surface area contributed by atoms with Crippen LogP contribution in [0.15, 0.2) is 30.6 Å². The average Bonchev–Trinajstić information content (AvgIpc) is 3.24. The Morgan fingerprint density at radius 2 is 1.78 bits per heavy atom. The van der Waals surface area contributed by atoms with E-state index in [1.807, 2.05) is 6.07 Å². The van der Waals surface area contributed by atoms with Gasteiger partial charge in [0.2, 0.25) is 0 Å². The van der Waals surface area contributed by atoms with Gasteiger partial charge in [-0.25, -0.2) is 9.97 Å². The lowest BCUT2D eigenvalue weighted by Gasteiger charge is -2.31. The van der Waals surface area contributed by atoms with Gasteiger partial charge in [0.05, 0.1) is 19.3 Å². The number of benzene rings is 1. The summed E-state index contributed by atoms with van der Waals surface area (Å²) in [5.41, 5.74) is 1.19. The molecule has 7 nitrogen and oxygen atoms in total. The molecule has 3 aliphatic heterocycles. The highest BCUT2D eigenvalue weighted by Crippen LogP contribution is 2.44. The van der Waals surface area contributed by atoms with Gasteiger partial charge >= 0.3 is 0 Å². The summed E-state index contributed by atoms with van der Waals surface area (Å²) in [7, 11) is 0. The van der Waals surface area contributed by atoms with Gasteiger partial charge in [0.15, 0.2) is 11.5 Å². The number of fused-ring (bicyclic) bond motifs is 1. The molecule has 0 N–H and O–H groups in total. The van der Waals surface area contributed by atoms with Gasteiger partial charge in [0.25, 0.3) is 0 Å². The molecule has 0 aliphatic carbocycles. The van der Waals surface area contributed by atoms with Crippen LogP contribution in [0.1, 0.15) is 24.4 Å². The van der Waals surface area contributed by atoms with Crippen LogP contribution >= 0.6 is 0 Å². The first-order valence-electron chi connectivity index (χ1n) is 9.70. The summed E-state index contributed by atoms with van der Waals surface area (Å²) >= 11 is 0. The summed E-state index contributed by atoms with van der Waals surface area (Å²) in [5, 5.41) is 0. The Labute approximate surface area is 158 Å². The fourth-order valence-electron chi connectivity index (χ4n) is 4.18. The predicted molar refractivity (Wildman–Crippen MR) is 102 cm³/mol. The van der Waals surface area contributed by atoms with Crippen LogP contribution in [0.3, 0.4) is 0 Å². The lowest BCUT2D eigenvalue weighted by atomic mass is 10.0. The van der Waals surface area contributed by atoms with Crippen molar-refractivity contribution in [2.75, 3.05) is 55.9 Å². The number of hydrogen-bond acceptors (Lipinski definition) is 7. The van der Waals surface area contributed by atoms with Crippen LogP contribution in [0, 0.1) is 0 Å². The van der Waals surface area contributed by atoms with Crippen molar-refractivity contribution in [3.8, 4) is 11.5 Å². The lowest BCUT2D eigenvalue weighted by molar-refractivity contribution is 0.122. The van der Waals surface area contributed by atoms with E-state index in [0.717, 1.165) is 68.8 Å². The smallest absolute Gasteiger partial charge is 0.166 e. The SMILES string of the molecule is c1cc2c(c(C3CCCN3c3cc(N4CCOCC4)ncn3)c1)OCCO2. The second-order valence-corrected chi connectivity index (χ2v) is 7.06. The van der Waals surface area contributed by atoms with Crippen molar-refractivity contribution in [1.82, 2.24) is 9.97 Å². The van der Waals surface area contributed by atoms with E-state index in [-0.39, 0.29) is 6.04 Å². The summed E-state index contributed by atoms with van der Waals surface area (Å²) < 4.78 is 17.2. The largest absolute Gasteiger partial charge is 0.486 e. The van der Waals surface area contributed by atoms with Gasteiger partial charge in [-0.15, -0.1) is 0 Å². The van der Waals surface area contributed by atoms with E-state index in [1.165, 1.54) is 5.56 Å². The summed E-state index contributed by atoms with van der Waals surface area (Å²) in [6.07, 6.45) is 3.89. The van der Waals surface area contributed by atoms with Crippen LogP contribution in [-0.4, -0.2) is 56.0 Å². The number of rotatable bonds is 3. The number of ether oxygens (including phenoxy) is 3. The van der Waals surface area contributed by atoms with Crippen LogP contribution in [-0.2, 0) is 4.74 Å². The predicted octanol–water partition coefficient (Wildman–Crippen LogP) is 2.43. The minimum absolute atomic E-state index is 0.245. The molecule has 0 bridgehead atoms. The van der Waals surface area contributed by atoms with E-state index in [4.69, 9.17) is 14.2 Å². The molecule has 3 aliphatic rings. The van der Waals surface area contributed by atoms with Crippen molar-refractivity contribution in [2.45, 2.75) is 18.9 Å². The fourth-order valence-corrected chi connectivity index (χ4v) is 4.18. The summed E-state index contributed by atoms with van der Waals surface area (Å²) in [5.74, 6) is 3.69. The first-order chi connectivity index (χ1) is 13.4. The van der Waals surface area contributed by atoms with Crippen molar-refractivity contribution >= 4 is 11.6 Å². The maximum atomic E-state index is 5.96. The van der Waals surface area contributed by atoms with Gasteiger partial charge < -0.3 is 24.0 Å². The molecular formula is C20H24N4O3. The number of aromatic nitrogens is 2. The monoisotopic (exact) mass is 368 g/mol. The molecule has 0 spiro atoms. The minimum Gasteiger partial charge on any atom is -0.486 e. The highest BCUT2D eigenvalue weighted by molar-refractivity contribution is 5.56. The van der Waals surface area contributed by atoms with Crippen LogP contribution in [0.2, 0.25) is 0 Å². The first kappa shape index (κ1) is 16.6. The number of hydrogen-bond donors (Lipinski definition) is 0. The van der Waals surface area contributed by atoms with Crippen LogP contribution in [0.4, 0.5) is 11.6 Å². The number of morpholine rings is 1. The number of nitrogens with zero attached hydrogens (tertiary/aromatic N) is 4. The molecule has 1 atom stereocenters. The van der Waals surface area contributed by atoms with E-state index in [2.05, 4.69) is 38.0 Å². The van der Waals surface area contributed by atoms with Gasteiger partial charge in [-0.1, -0.05) is 12.1 Å². The fraction of sp³-hybridized carbons (Fsp3) is 0.500. The Kier molecular flexibility index (Phi) is 4.45. The van der Waals surface area contributed by atoms with Gasteiger partial charge in [0, 0.05) is 31.3 Å². The molecule has 0 amide bonds.